The number of likely N-dealkylation sites (N-methyl/N-ethyl adjacent to an activating group) is 1. The molecule has 70 valence electrons. The summed E-state index contributed by atoms with van der Waals surface area (Å²) in [6, 6.07) is -1.21. The van der Waals surface area contributed by atoms with Gasteiger partial charge in [0.05, 0.1) is 0 Å². The lowest BCUT2D eigenvalue weighted by atomic mass is 10.1. The van der Waals surface area contributed by atoms with Crippen molar-refractivity contribution in [3.8, 4) is 0 Å². The Labute approximate surface area is 74.2 Å². The first kappa shape index (κ1) is 9.40. The average Bonchev–Trinajstić information content (AvgIpc) is 2.31. The van der Waals surface area contributed by atoms with Crippen LogP contribution in [0, 0.1) is 0 Å². The summed E-state index contributed by atoms with van der Waals surface area (Å²) in [6.45, 7) is 0. The van der Waals surface area contributed by atoms with Crippen molar-refractivity contribution in [2.24, 2.45) is 11.5 Å². The number of carbonyl (C=O) groups is 3. The Morgan fingerprint density at radius 3 is 2.38 bits per heavy atom. The number of primary amides is 1. The molecule has 1 aliphatic rings. The monoisotopic (exact) mass is 183 g/mol. The van der Waals surface area contributed by atoms with Crippen molar-refractivity contribution in [3.05, 3.63) is 11.6 Å². The van der Waals surface area contributed by atoms with E-state index in [0.717, 1.165) is 11.0 Å². The summed E-state index contributed by atoms with van der Waals surface area (Å²) in [5.41, 5.74) is 10.1. The molecule has 0 aromatic rings. The smallest absolute Gasteiger partial charge is 0.258 e. The number of amides is 3. The van der Waals surface area contributed by atoms with Gasteiger partial charge in [-0.05, 0) is 0 Å². The van der Waals surface area contributed by atoms with Crippen LogP contribution in [0.4, 0.5) is 0 Å². The Hall–Kier alpha value is -1.69. The van der Waals surface area contributed by atoms with Crippen LogP contribution in [0.25, 0.3) is 0 Å². The molecule has 0 aromatic heterocycles. The molecule has 1 heterocycles. The average molecular weight is 183 g/mol. The Morgan fingerprint density at radius 1 is 1.54 bits per heavy atom. The molecular formula is C7H9N3O3. The largest absolute Gasteiger partial charge is 0.368 e. The molecule has 0 aromatic carbocycles. The first-order valence-electron chi connectivity index (χ1n) is 3.53. The van der Waals surface area contributed by atoms with E-state index in [0.29, 0.717) is 0 Å². The first-order chi connectivity index (χ1) is 5.95. The van der Waals surface area contributed by atoms with Crippen LogP contribution in [0.5, 0.6) is 0 Å². The number of carbonyl (C=O) groups excluding carboxylic acids is 3. The van der Waals surface area contributed by atoms with Gasteiger partial charge in [-0.15, -0.1) is 0 Å². The number of imide groups is 1. The quantitative estimate of drug-likeness (QED) is 0.470. The molecule has 13 heavy (non-hydrogen) atoms. The van der Waals surface area contributed by atoms with Gasteiger partial charge in [-0.1, -0.05) is 0 Å². The highest BCUT2D eigenvalue weighted by molar-refractivity contribution is 6.18. The van der Waals surface area contributed by atoms with E-state index in [9.17, 15) is 14.4 Å². The molecule has 1 atom stereocenters. The second-order valence-electron chi connectivity index (χ2n) is 2.68. The van der Waals surface area contributed by atoms with Crippen LogP contribution >= 0.6 is 0 Å². The molecule has 0 aliphatic carbocycles. The lowest BCUT2D eigenvalue weighted by Crippen LogP contribution is -2.41. The highest BCUT2D eigenvalue weighted by atomic mass is 16.2. The van der Waals surface area contributed by atoms with E-state index in [2.05, 4.69) is 0 Å². The third kappa shape index (κ3) is 1.43. The van der Waals surface area contributed by atoms with Gasteiger partial charge < -0.3 is 11.5 Å². The van der Waals surface area contributed by atoms with Crippen LogP contribution in [0.2, 0.25) is 0 Å². The van der Waals surface area contributed by atoms with Crippen LogP contribution in [0.3, 0.4) is 0 Å². The van der Waals surface area contributed by atoms with E-state index in [1.54, 1.807) is 0 Å². The molecule has 6 heteroatoms. The first-order valence-corrected chi connectivity index (χ1v) is 3.53. The highest BCUT2D eigenvalue weighted by Crippen LogP contribution is 2.12. The van der Waals surface area contributed by atoms with E-state index in [1.807, 2.05) is 0 Å². The number of rotatable bonds is 2. The minimum absolute atomic E-state index is 0.0556. The van der Waals surface area contributed by atoms with Crippen LogP contribution in [-0.2, 0) is 14.4 Å². The molecule has 0 radical (unpaired) electrons. The molecule has 1 unspecified atom stereocenters. The number of nitrogens with zero attached hydrogens (tertiary/aromatic N) is 1. The number of hydrogen-bond acceptors (Lipinski definition) is 4. The van der Waals surface area contributed by atoms with Gasteiger partial charge in [0.25, 0.3) is 11.8 Å². The minimum atomic E-state index is -1.21. The van der Waals surface area contributed by atoms with Gasteiger partial charge in [0, 0.05) is 18.7 Å². The van der Waals surface area contributed by atoms with E-state index in [1.165, 1.54) is 7.05 Å². The minimum Gasteiger partial charge on any atom is -0.368 e. The Kier molecular flexibility index (Phi) is 2.16. The summed E-state index contributed by atoms with van der Waals surface area (Å²) >= 11 is 0. The molecule has 3 amide bonds. The van der Waals surface area contributed by atoms with E-state index in [-0.39, 0.29) is 5.57 Å². The molecular weight excluding hydrogens is 174 g/mol. The van der Waals surface area contributed by atoms with Gasteiger partial charge in [-0.2, -0.15) is 0 Å². The lowest BCUT2D eigenvalue weighted by Gasteiger charge is -2.09. The zero-order chi connectivity index (χ0) is 10.2. The van der Waals surface area contributed by atoms with Gasteiger partial charge >= 0.3 is 0 Å². The summed E-state index contributed by atoms with van der Waals surface area (Å²) in [4.78, 5) is 33.6. The fraction of sp³-hybridized carbons (Fsp3) is 0.286. The van der Waals surface area contributed by atoms with E-state index >= 15 is 0 Å². The van der Waals surface area contributed by atoms with Crippen molar-refractivity contribution in [2.45, 2.75) is 6.04 Å². The van der Waals surface area contributed by atoms with Gasteiger partial charge in [0.2, 0.25) is 5.91 Å². The maximum absolute atomic E-state index is 11.2. The molecule has 4 N–H and O–H groups in total. The molecule has 0 spiro atoms. The summed E-state index contributed by atoms with van der Waals surface area (Å²) in [7, 11) is 1.31. The lowest BCUT2D eigenvalue weighted by molar-refractivity contribution is -0.136. The molecule has 0 bridgehead atoms. The van der Waals surface area contributed by atoms with E-state index < -0.39 is 23.8 Å². The second-order valence-corrected chi connectivity index (χ2v) is 2.68. The predicted octanol–water partition coefficient (Wildman–Crippen LogP) is -2.28. The maximum Gasteiger partial charge on any atom is 0.258 e. The topological polar surface area (TPSA) is 106 Å². The maximum atomic E-state index is 11.2. The normalized spacial score (nSPS) is 18.9. The summed E-state index contributed by atoms with van der Waals surface area (Å²) in [5, 5.41) is 0. The van der Waals surface area contributed by atoms with Crippen molar-refractivity contribution in [1.82, 2.24) is 4.90 Å². The molecule has 6 nitrogen and oxygen atoms in total. The highest BCUT2D eigenvalue weighted by Gasteiger charge is 2.33. The molecule has 1 rings (SSSR count). The predicted molar refractivity (Wildman–Crippen MR) is 43.0 cm³/mol. The van der Waals surface area contributed by atoms with Crippen molar-refractivity contribution >= 4 is 17.7 Å². The summed E-state index contributed by atoms with van der Waals surface area (Å²) in [5.74, 6) is -1.89. The van der Waals surface area contributed by atoms with Gasteiger partial charge in [0.1, 0.15) is 6.04 Å². The third-order valence-corrected chi connectivity index (χ3v) is 1.80. The van der Waals surface area contributed by atoms with Crippen LogP contribution < -0.4 is 11.5 Å². The Balaban J connectivity index is 2.95. The van der Waals surface area contributed by atoms with Crippen molar-refractivity contribution < 1.29 is 14.4 Å². The van der Waals surface area contributed by atoms with Crippen LogP contribution in [0.15, 0.2) is 11.6 Å². The zero-order valence-corrected chi connectivity index (χ0v) is 6.98. The SMILES string of the molecule is CN1C(=O)C=C(C(N)C(N)=O)C1=O. The molecule has 0 saturated heterocycles. The van der Waals surface area contributed by atoms with Gasteiger partial charge in [-0.3, -0.25) is 19.3 Å². The summed E-state index contributed by atoms with van der Waals surface area (Å²) < 4.78 is 0. The zero-order valence-electron chi connectivity index (χ0n) is 6.98. The van der Waals surface area contributed by atoms with Crippen LogP contribution in [-0.4, -0.2) is 35.7 Å². The Morgan fingerprint density at radius 2 is 2.08 bits per heavy atom. The fourth-order valence-electron chi connectivity index (χ4n) is 0.961. The standard InChI is InChI=1S/C7H9N3O3/c1-10-4(11)2-3(7(10)13)5(8)6(9)12/h2,5H,8H2,1H3,(H2,9,12). The van der Waals surface area contributed by atoms with Gasteiger partial charge in [0.15, 0.2) is 0 Å². The fourth-order valence-corrected chi connectivity index (χ4v) is 0.961. The molecule has 0 fully saturated rings. The van der Waals surface area contributed by atoms with Gasteiger partial charge in [-0.25, -0.2) is 0 Å². The van der Waals surface area contributed by atoms with Crippen LogP contribution in [0.1, 0.15) is 0 Å². The Bertz CT molecular complexity index is 321. The number of nitrogens with two attached hydrogens (primary N) is 2. The van der Waals surface area contributed by atoms with E-state index in [4.69, 9.17) is 11.5 Å². The van der Waals surface area contributed by atoms with Crippen molar-refractivity contribution in [2.75, 3.05) is 7.05 Å². The second kappa shape index (κ2) is 2.98. The van der Waals surface area contributed by atoms with Crippen molar-refractivity contribution in [1.29, 1.82) is 0 Å². The number of hydrogen-bond donors (Lipinski definition) is 2. The molecule has 0 saturated carbocycles. The third-order valence-electron chi connectivity index (χ3n) is 1.80. The van der Waals surface area contributed by atoms with Crippen molar-refractivity contribution in [3.63, 3.8) is 0 Å². The molecule has 1 aliphatic heterocycles. The summed E-state index contributed by atoms with van der Waals surface area (Å²) in [6.07, 6.45) is 1.03.